The Morgan fingerprint density at radius 1 is 1.10 bits per heavy atom. The van der Waals surface area contributed by atoms with E-state index in [1.54, 1.807) is 31.2 Å². The summed E-state index contributed by atoms with van der Waals surface area (Å²) < 4.78 is 32.0. The van der Waals surface area contributed by atoms with Crippen molar-refractivity contribution in [2.75, 3.05) is 0 Å². The lowest BCUT2D eigenvalue weighted by atomic mass is 10.1. The molecule has 0 aromatic heterocycles. The molecule has 2 aromatic rings. The van der Waals surface area contributed by atoms with Crippen molar-refractivity contribution in [2.45, 2.75) is 20.0 Å². The Balaban J connectivity index is 2.19. The van der Waals surface area contributed by atoms with Crippen LogP contribution in [0.2, 0.25) is 0 Å². The number of ketones is 1. The fourth-order valence-electron chi connectivity index (χ4n) is 1.83. The molecule has 0 radical (unpaired) electrons. The molecule has 0 amide bonds. The lowest BCUT2D eigenvalue weighted by Gasteiger charge is -2.11. The predicted molar refractivity (Wildman–Crippen MR) is 71.8 cm³/mol. The minimum atomic E-state index is -0.924. The Hall–Kier alpha value is -2.23. The van der Waals surface area contributed by atoms with E-state index in [1.807, 2.05) is 0 Å². The first-order chi connectivity index (χ1) is 9.63. The van der Waals surface area contributed by atoms with Gasteiger partial charge in [-0.25, -0.2) is 8.78 Å². The van der Waals surface area contributed by atoms with E-state index in [2.05, 4.69) is 0 Å². The zero-order chi connectivity index (χ0) is 14.5. The van der Waals surface area contributed by atoms with Crippen LogP contribution in [0.25, 0.3) is 0 Å². The maximum atomic E-state index is 13.5. The number of Topliss-reactive ketones (excluding diaryl/α,β-unsaturated/α-hetero) is 1. The summed E-state index contributed by atoms with van der Waals surface area (Å²) in [7, 11) is 0. The van der Waals surface area contributed by atoms with Gasteiger partial charge in [0.2, 0.25) is 0 Å². The summed E-state index contributed by atoms with van der Waals surface area (Å²) in [6.07, 6.45) is 0.356. The largest absolute Gasteiger partial charge is 0.488 e. The maximum Gasteiger partial charge on any atom is 0.166 e. The van der Waals surface area contributed by atoms with E-state index in [0.29, 0.717) is 17.7 Å². The van der Waals surface area contributed by atoms with Gasteiger partial charge < -0.3 is 4.74 Å². The van der Waals surface area contributed by atoms with Crippen LogP contribution >= 0.6 is 0 Å². The van der Waals surface area contributed by atoms with E-state index >= 15 is 0 Å². The second-order valence-corrected chi connectivity index (χ2v) is 4.27. The fraction of sp³-hybridized carbons (Fsp3) is 0.188. The van der Waals surface area contributed by atoms with E-state index in [-0.39, 0.29) is 18.0 Å². The van der Waals surface area contributed by atoms with Gasteiger partial charge in [0.25, 0.3) is 0 Å². The monoisotopic (exact) mass is 276 g/mol. The van der Waals surface area contributed by atoms with Crippen LogP contribution in [-0.2, 0) is 6.61 Å². The third kappa shape index (κ3) is 3.02. The molecule has 4 heteroatoms. The van der Waals surface area contributed by atoms with Gasteiger partial charge in [-0.1, -0.05) is 31.2 Å². The summed E-state index contributed by atoms with van der Waals surface area (Å²) in [6, 6.07) is 10.7. The molecule has 0 N–H and O–H groups in total. The van der Waals surface area contributed by atoms with E-state index in [9.17, 15) is 13.6 Å². The smallest absolute Gasteiger partial charge is 0.166 e. The highest BCUT2D eigenvalue weighted by Crippen LogP contribution is 2.22. The molecule has 0 aliphatic heterocycles. The van der Waals surface area contributed by atoms with Crippen molar-refractivity contribution in [1.29, 1.82) is 0 Å². The van der Waals surface area contributed by atoms with Crippen molar-refractivity contribution in [1.82, 2.24) is 0 Å². The molecule has 0 bridgehead atoms. The van der Waals surface area contributed by atoms with Crippen LogP contribution in [0.15, 0.2) is 42.5 Å². The van der Waals surface area contributed by atoms with E-state index < -0.39 is 11.6 Å². The molecule has 0 saturated carbocycles. The van der Waals surface area contributed by atoms with Gasteiger partial charge in [0.1, 0.15) is 12.4 Å². The number of para-hydroxylation sites is 1. The van der Waals surface area contributed by atoms with Crippen LogP contribution < -0.4 is 4.74 Å². The zero-order valence-corrected chi connectivity index (χ0v) is 11.0. The van der Waals surface area contributed by atoms with E-state index in [0.717, 1.165) is 6.07 Å². The normalized spacial score (nSPS) is 10.3. The number of carbonyl (C=O) groups excluding carboxylic acids is 1. The third-order valence-electron chi connectivity index (χ3n) is 2.92. The van der Waals surface area contributed by atoms with Crippen molar-refractivity contribution in [3.63, 3.8) is 0 Å². The third-order valence-corrected chi connectivity index (χ3v) is 2.92. The second kappa shape index (κ2) is 6.28. The van der Waals surface area contributed by atoms with Gasteiger partial charge in [-0.05, 0) is 18.2 Å². The van der Waals surface area contributed by atoms with Gasteiger partial charge in [-0.15, -0.1) is 0 Å². The molecule has 2 rings (SSSR count). The highest BCUT2D eigenvalue weighted by Gasteiger charge is 2.12. The summed E-state index contributed by atoms with van der Waals surface area (Å²) in [6.45, 7) is 1.63. The Morgan fingerprint density at radius 2 is 1.85 bits per heavy atom. The standard InChI is InChI=1S/C16H14F2O2/c1-2-14(19)12-7-3-4-9-15(12)20-10-11-6-5-8-13(17)16(11)18/h3-9H,2,10H2,1H3. The molecule has 0 atom stereocenters. The Kier molecular flexibility index (Phi) is 4.45. The quantitative estimate of drug-likeness (QED) is 0.767. The number of rotatable bonds is 5. The number of benzene rings is 2. The first kappa shape index (κ1) is 14.2. The molecule has 0 saturated heterocycles. The van der Waals surface area contributed by atoms with Gasteiger partial charge in [-0.2, -0.15) is 0 Å². The van der Waals surface area contributed by atoms with Crippen LogP contribution in [-0.4, -0.2) is 5.78 Å². The van der Waals surface area contributed by atoms with Crippen LogP contribution in [0.5, 0.6) is 5.75 Å². The topological polar surface area (TPSA) is 26.3 Å². The zero-order valence-electron chi connectivity index (χ0n) is 11.0. The summed E-state index contributed by atoms with van der Waals surface area (Å²) in [5.41, 5.74) is 0.565. The van der Waals surface area contributed by atoms with Crippen molar-refractivity contribution in [3.8, 4) is 5.75 Å². The number of halogens is 2. The first-order valence-electron chi connectivity index (χ1n) is 6.31. The minimum absolute atomic E-state index is 0.0553. The van der Waals surface area contributed by atoms with Crippen LogP contribution in [0.1, 0.15) is 29.3 Å². The molecule has 2 aromatic carbocycles. The molecule has 0 heterocycles. The molecule has 0 aliphatic rings. The summed E-state index contributed by atoms with van der Waals surface area (Å²) >= 11 is 0. The number of hydrogen-bond donors (Lipinski definition) is 0. The van der Waals surface area contributed by atoms with Crippen LogP contribution in [0, 0.1) is 11.6 Å². The Bertz CT molecular complexity index is 624. The number of carbonyl (C=O) groups is 1. The lowest BCUT2D eigenvalue weighted by Crippen LogP contribution is -2.05. The maximum absolute atomic E-state index is 13.5. The average Bonchev–Trinajstić information content (AvgIpc) is 2.48. The molecule has 20 heavy (non-hydrogen) atoms. The summed E-state index contributed by atoms with van der Waals surface area (Å²) in [5, 5.41) is 0. The average molecular weight is 276 g/mol. The van der Waals surface area contributed by atoms with Crippen molar-refractivity contribution in [3.05, 3.63) is 65.2 Å². The highest BCUT2D eigenvalue weighted by atomic mass is 19.2. The summed E-state index contributed by atoms with van der Waals surface area (Å²) in [5.74, 6) is -1.51. The molecule has 0 aliphatic carbocycles. The molecule has 0 unspecified atom stereocenters. The van der Waals surface area contributed by atoms with Gasteiger partial charge >= 0.3 is 0 Å². The SMILES string of the molecule is CCC(=O)c1ccccc1OCc1cccc(F)c1F. The van der Waals surface area contributed by atoms with Gasteiger partial charge in [0.15, 0.2) is 17.4 Å². The molecule has 0 fully saturated rings. The van der Waals surface area contributed by atoms with E-state index in [4.69, 9.17) is 4.74 Å². The molecule has 104 valence electrons. The van der Waals surface area contributed by atoms with Crippen molar-refractivity contribution >= 4 is 5.78 Å². The molecular formula is C16H14F2O2. The van der Waals surface area contributed by atoms with Gasteiger partial charge in [-0.3, -0.25) is 4.79 Å². The second-order valence-electron chi connectivity index (χ2n) is 4.27. The fourth-order valence-corrected chi connectivity index (χ4v) is 1.83. The van der Waals surface area contributed by atoms with E-state index in [1.165, 1.54) is 12.1 Å². The molecule has 0 spiro atoms. The van der Waals surface area contributed by atoms with Crippen molar-refractivity contribution < 1.29 is 18.3 Å². The number of hydrogen-bond acceptors (Lipinski definition) is 2. The first-order valence-corrected chi connectivity index (χ1v) is 6.31. The number of ether oxygens (including phenoxy) is 1. The van der Waals surface area contributed by atoms with Gasteiger partial charge in [0.05, 0.1) is 5.56 Å². The molecule has 2 nitrogen and oxygen atoms in total. The predicted octanol–water partition coefficient (Wildman–Crippen LogP) is 4.14. The molecular weight excluding hydrogens is 262 g/mol. The Morgan fingerprint density at radius 3 is 2.60 bits per heavy atom. The van der Waals surface area contributed by atoms with Gasteiger partial charge in [0, 0.05) is 12.0 Å². The van der Waals surface area contributed by atoms with Crippen LogP contribution in [0.3, 0.4) is 0 Å². The van der Waals surface area contributed by atoms with Crippen molar-refractivity contribution in [2.24, 2.45) is 0 Å². The minimum Gasteiger partial charge on any atom is -0.488 e. The van der Waals surface area contributed by atoms with Crippen LogP contribution in [0.4, 0.5) is 8.78 Å². The summed E-state index contributed by atoms with van der Waals surface area (Å²) in [4.78, 5) is 11.8. The Labute approximate surface area is 116 Å². The lowest BCUT2D eigenvalue weighted by molar-refractivity contribution is 0.0983. The highest BCUT2D eigenvalue weighted by molar-refractivity contribution is 5.98.